The van der Waals surface area contributed by atoms with Crippen LogP contribution in [0.15, 0.2) is 23.1 Å². The van der Waals surface area contributed by atoms with E-state index in [4.69, 9.17) is 4.74 Å². The summed E-state index contributed by atoms with van der Waals surface area (Å²) in [4.78, 5) is 0.222. The van der Waals surface area contributed by atoms with Crippen molar-refractivity contribution in [2.24, 2.45) is 5.92 Å². The highest BCUT2D eigenvalue weighted by Gasteiger charge is 2.35. The highest BCUT2D eigenvalue weighted by molar-refractivity contribution is 7.89. The molecule has 0 aromatic heterocycles. The van der Waals surface area contributed by atoms with E-state index in [9.17, 15) is 12.8 Å². The number of thiol groups is 1. The molecule has 1 saturated heterocycles. The molecule has 0 amide bonds. The second-order valence-corrected chi connectivity index (χ2v) is 8.33. The Morgan fingerprint density at radius 3 is 2.91 bits per heavy atom. The van der Waals surface area contributed by atoms with Gasteiger partial charge in [-0.25, -0.2) is 12.8 Å². The van der Waals surface area contributed by atoms with Crippen molar-refractivity contribution in [3.05, 3.63) is 23.8 Å². The van der Waals surface area contributed by atoms with E-state index < -0.39 is 16.2 Å². The Hall–Kier alpha value is -0.790. The zero-order valence-corrected chi connectivity index (χ0v) is 14.1. The molecular weight excluding hydrogens is 325 g/mol. The fraction of sp³-hybridized carbons (Fsp3) is 0.600. The maximum absolute atomic E-state index is 14.1. The number of sulfonamides is 1. The van der Waals surface area contributed by atoms with E-state index >= 15 is 0 Å². The summed E-state index contributed by atoms with van der Waals surface area (Å²) in [5.41, 5.74) is 0.906. The number of rotatable bonds is 3. The lowest BCUT2D eigenvalue weighted by atomic mass is 9.98. The summed E-state index contributed by atoms with van der Waals surface area (Å²) >= 11 is 4.13. The van der Waals surface area contributed by atoms with Crippen LogP contribution in [0.1, 0.15) is 24.8 Å². The lowest BCUT2D eigenvalue weighted by Gasteiger charge is -2.33. The molecule has 7 heteroatoms. The average Bonchev–Trinajstić information content (AvgIpc) is 2.88. The standard InChI is InChI=1S/C15H20FNO3S2/c1-10-8-20-15-3-2-12(6-13(10)15)22(18,19)17-5-4-11(9-21)14(16)7-17/h2-3,6,10-11,14,21H,4-5,7-9H2,1H3/t10?,11-,14+/m1/s1. The molecule has 4 nitrogen and oxygen atoms in total. The predicted molar refractivity (Wildman–Crippen MR) is 86.0 cm³/mol. The molecule has 2 heterocycles. The molecule has 122 valence electrons. The zero-order valence-electron chi connectivity index (χ0n) is 12.4. The SMILES string of the molecule is CC1COc2ccc(S(=O)(=O)N3CC[C@H](CS)[C@@H](F)C3)cc21. The van der Waals surface area contributed by atoms with Gasteiger partial charge in [-0.05, 0) is 30.4 Å². The van der Waals surface area contributed by atoms with Gasteiger partial charge in [0, 0.05) is 30.5 Å². The molecule has 1 unspecified atom stereocenters. The number of fused-ring (bicyclic) bond motifs is 1. The summed E-state index contributed by atoms with van der Waals surface area (Å²) < 4.78 is 46.3. The molecule has 1 fully saturated rings. The van der Waals surface area contributed by atoms with Crippen molar-refractivity contribution in [2.45, 2.75) is 30.3 Å². The van der Waals surface area contributed by atoms with Crippen molar-refractivity contribution in [3.8, 4) is 5.75 Å². The van der Waals surface area contributed by atoms with Gasteiger partial charge in [-0.1, -0.05) is 6.92 Å². The van der Waals surface area contributed by atoms with Gasteiger partial charge >= 0.3 is 0 Å². The number of ether oxygens (including phenoxy) is 1. The monoisotopic (exact) mass is 345 g/mol. The van der Waals surface area contributed by atoms with Gasteiger partial charge in [0.25, 0.3) is 0 Å². The third-order valence-electron chi connectivity index (χ3n) is 4.51. The molecule has 2 aliphatic rings. The summed E-state index contributed by atoms with van der Waals surface area (Å²) in [7, 11) is -3.66. The first kappa shape index (κ1) is 16.1. The van der Waals surface area contributed by atoms with Crippen LogP contribution in [-0.2, 0) is 10.0 Å². The highest BCUT2D eigenvalue weighted by Crippen LogP contribution is 2.36. The Morgan fingerprint density at radius 1 is 1.45 bits per heavy atom. The molecule has 0 N–H and O–H groups in total. The van der Waals surface area contributed by atoms with Crippen LogP contribution in [0.3, 0.4) is 0 Å². The minimum absolute atomic E-state index is 0.0866. The van der Waals surface area contributed by atoms with Gasteiger partial charge in [0.1, 0.15) is 11.9 Å². The van der Waals surface area contributed by atoms with Crippen molar-refractivity contribution in [2.75, 3.05) is 25.4 Å². The summed E-state index contributed by atoms with van der Waals surface area (Å²) in [5, 5.41) is 0. The Labute approximate surface area is 136 Å². The quantitative estimate of drug-likeness (QED) is 0.856. The molecule has 2 aliphatic heterocycles. The van der Waals surface area contributed by atoms with E-state index in [2.05, 4.69) is 12.6 Å². The van der Waals surface area contributed by atoms with Gasteiger partial charge in [-0.15, -0.1) is 0 Å². The van der Waals surface area contributed by atoms with E-state index in [0.29, 0.717) is 25.3 Å². The van der Waals surface area contributed by atoms with Crippen LogP contribution in [-0.4, -0.2) is 44.3 Å². The molecule has 3 rings (SSSR count). The molecule has 0 radical (unpaired) electrons. The topological polar surface area (TPSA) is 46.6 Å². The first-order valence-corrected chi connectivity index (χ1v) is 9.52. The van der Waals surface area contributed by atoms with E-state index in [0.717, 1.165) is 11.3 Å². The van der Waals surface area contributed by atoms with Gasteiger partial charge < -0.3 is 4.74 Å². The minimum atomic E-state index is -3.66. The number of hydrogen-bond acceptors (Lipinski definition) is 4. The Kier molecular flexibility index (Phi) is 4.40. The maximum Gasteiger partial charge on any atom is 0.243 e. The number of hydrogen-bond donors (Lipinski definition) is 1. The van der Waals surface area contributed by atoms with E-state index in [1.54, 1.807) is 18.2 Å². The van der Waals surface area contributed by atoms with E-state index in [1.165, 1.54) is 4.31 Å². The largest absolute Gasteiger partial charge is 0.493 e. The fourth-order valence-electron chi connectivity index (χ4n) is 3.01. The molecule has 0 aliphatic carbocycles. The molecule has 0 bridgehead atoms. The van der Waals surface area contributed by atoms with Crippen LogP contribution in [0.2, 0.25) is 0 Å². The van der Waals surface area contributed by atoms with Crippen LogP contribution in [0.4, 0.5) is 4.39 Å². The van der Waals surface area contributed by atoms with Crippen molar-refractivity contribution < 1.29 is 17.5 Å². The van der Waals surface area contributed by atoms with Gasteiger partial charge in [0.15, 0.2) is 0 Å². The first-order valence-electron chi connectivity index (χ1n) is 7.45. The summed E-state index contributed by atoms with van der Waals surface area (Å²) in [5.74, 6) is 1.20. The molecule has 0 spiro atoms. The molecule has 3 atom stereocenters. The van der Waals surface area contributed by atoms with Crippen molar-refractivity contribution >= 4 is 22.7 Å². The third kappa shape index (κ3) is 2.74. The molecule has 1 aromatic carbocycles. The van der Waals surface area contributed by atoms with Crippen LogP contribution in [0.25, 0.3) is 0 Å². The maximum atomic E-state index is 14.1. The van der Waals surface area contributed by atoms with Crippen LogP contribution >= 0.6 is 12.6 Å². The molecular formula is C15H20FNO3S2. The van der Waals surface area contributed by atoms with E-state index in [1.807, 2.05) is 6.92 Å². The van der Waals surface area contributed by atoms with Crippen molar-refractivity contribution in [1.82, 2.24) is 4.31 Å². The molecule has 0 saturated carbocycles. The number of halogens is 1. The summed E-state index contributed by atoms with van der Waals surface area (Å²) in [6, 6.07) is 4.91. The van der Waals surface area contributed by atoms with E-state index in [-0.39, 0.29) is 23.3 Å². The van der Waals surface area contributed by atoms with Crippen molar-refractivity contribution in [3.63, 3.8) is 0 Å². The Balaban J connectivity index is 1.86. The highest BCUT2D eigenvalue weighted by atomic mass is 32.2. The lowest BCUT2D eigenvalue weighted by Crippen LogP contribution is -2.45. The average molecular weight is 345 g/mol. The summed E-state index contributed by atoms with van der Waals surface area (Å²) in [6.45, 7) is 2.82. The van der Waals surface area contributed by atoms with Crippen LogP contribution in [0, 0.1) is 5.92 Å². The molecule has 1 aromatic rings. The van der Waals surface area contributed by atoms with Crippen LogP contribution in [0.5, 0.6) is 5.75 Å². The normalized spacial score (nSPS) is 29.1. The third-order valence-corrected chi connectivity index (χ3v) is 6.84. The fourth-order valence-corrected chi connectivity index (χ4v) is 4.92. The van der Waals surface area contributed by atoms with Crippen LogP contribution < -0.4 is 4.74 Å². The first-order chi connectivity index (χ1) is 10.4. The van der Waals surface area contributed by atoms with Gasteiger partial charge in [0.05, 0.1) is 11.5 Å². The second kappa shape index (κ2) is 6.02. The lowest BCUT2D eigenvalue weighted by molar-refractivity contribution is 0.147. The van der Waals surface area contributed by atoms with Gasteiger partial charge in [0.2, 0.25) is 10.0 Å². The zero-order chi connectivity index (χ0) is 15.9. The molecule has 22 heavy (non-hydrogen) atoms. The number of benzene rings is 1. The minimum Gasteiger partial charge on any atom is -0.493 e. The second-order valence-electron chi connectivity index (χ2n) is 6.02. The van der Waals surface area contributed by atoms with Gasteiger partial charge in [-0.2, -0.15) is 16.9 Å². The number of nitrogens with zero attached hydrogens (tertiary/aromatic N) is 1. The Bertz CT molecular complexity index is 665. The predicted octanol–water partition coefficient (Wildman–Crippen LogP) is 2.46. The van der Waals surface area contributed by atoms with Gasteiger partial charge in [-0.3, -0.25) is 0 Å². The smallest absolute Gasteiger partial charge is 0.243 e. The van der Waals surface area contributed by atoms with Crippen molar-refractivity contribution in [1.29, 1.82) is 0 Å². The summed E-state index contributed by atoms with van der Waals surface area (Å²) in [6.07, 6.45) is -0.647. The number of piperidine rings is 1. The number of alkyl halides is 1. The Morgan fingerprint density at radius 2 is 2.23 bits per heavy atom.